The minimum absolute atomic E-state index is 0.00509. The van der Waals surface area contributed by atoms with Crippen LogP contribution in [0, 0.1) is 0 Å². The summed E-state index contributed by atoms with van der Waals surface area (Å²) in [5.74, 6) is 1.44. The Morgan fingerprint density at radius 3 is 2.62 bits per heavy atom. The van der Waals surface area contributed by atoms with Gasteiger partial charge in [0.15, 0.2) is 0 Å². The number of aromatic nitrogens is 1. The molecule has 8 heteroatoms. The molecule has 0 fully saturated rings. The molecule has 1 N–H and O–H groups in total. The summed E-state index contributed by atoms with van der Waals surface area (Å²) in [4.78, 5) is 15.6. The van der Waals surface area contributed by atoms with Gasteiger partial charge in [0.1, 0.15) is 0 Å². The Balaban J connectivity index is 2.24. The molecular formula is C16H16BF3N2O2. The van der Waals surface area contributed by atoms with Crippen molar-refractivity contribution in [3.05, 3.63) is 42.0 Å². The second-order valence-corrected chi connectivity index (χ2v) is 5.25. The number of para-hydroxylation sites is 1. The molecule has 2 rings (SSSR count). The van der Waals surface area contributed by atoms with Crippen LogP contribution in [0.2, 0.25) is 0 Å². The van der Waals surface area contributed by atoms with Crippen molar-refractivity contribution >= 4 is 12.7 Å². The normalized spacial score (nSPS) is 12.5. The van der Waals surface area contributed by atoms with Gasteiger partial charge in [0, 0.05) is 0 Å². The van der Waals surface area contributed by atoms with Gasteiger partial charge in [-0.3, -0.25) is 0 Å². The number of hydrogen-bond donors (Lipinski definition) is 1. The summed E-state index contributed by atoms with van der Waals surface area (Å²) >= 11 is 0. The fraction of sp³-hybridized carbons (Fsp3) is 0.312. The molecule has 0 bridgehead atoms. The van der Waals surface area contributed by atoms with E-state index in [9.17, 15) is 18.0 Å². The van der Waals surface area contributed by atoms with Gasteiger partial charge in [0.2, 0.25) is 0 Å². The Hall–Kier alpha value is -2.22. The number of hydrogen-bond acceptors (Lipinski definition) is 4. The molecule has 0 amide bonds. The molecule has 1 aromatic heterocycles. The molecule has 2 aromatic rings. The Labute approximate surface area is 138 Å². The first-order valence-electron chi connectivity index (χ1n) is 7.28. The monoisotopic (exact) mass is 336 g/mol. The Morgan fingerprint density at radius 1 is 1.38 bits per heavy atom. The molecule has 4 nitrogen and oxygen atoms in total. The second kappa shape index (κ2) is 7.57. The topological polar surface area (TPSA) is 51.2 Å². The molecule has 0 aliphatic carbocycles. The van der Waals surface area contributed by atoms with Gasteiger partial charge in [-0.25, -0.2) is 0 Å². The second-order valence-electron chi connectivity index (χ2n) is 5.25. The van der Waals surface area contributed by atoms with Crippen molar-refractivity contribution in [2.45, 2.75) is 25.7 Å². The van der Waals surface area contributed by atoms with E-state index in [0.717, 1.165) is 5.56 Å². The zero-order chi connectivity index (χ0) is 17.7. The number of halogens is 3. The number of Topliss-reactive ketones (excluding diaryl/α,β-unsaturated/α-hetero) is 1. The van der Waals surface area contributed by atoms with E-state index >= 15 is 0 Å². The van der Waals surface area contributed by atoms with Crippen LogP contribution in [-0.2, 0) is 11.2 Å². The van der Waals surface area contributed by atoms with Gasteiger partial charge in [-0.15, -0.1) is 0 Å². The van der Waals surface area contributed by atoms with E-state index < -0.39 is 6.36 Å². The first kappa shape index (κ1) is 18.1. The number of benzene rings is 1. The molecule has 0 saturated carbocycles. The van der Waals surface area contributed by atoms with Crippen LogP contribution in [0.4, 0.5) is 13.2 Å². The average molecular weight is 336 g/mol. The van der Waals surface area contributed by atoms with Crippen LogP contribution in [-0.4, -0.2) is 37.1 Å². The third-order valence-electron chi connectivity index (χ3n) is 3.49. The van der Waals surface area contributed by atoms with Crippen molar-refractivity contribution in [2.24, 2.45) is 0 Å². The van der Waals surface area contributed by atoms with Crippen LogP contribution in [0.1, 0.15) is 12.5 Å². The van der Waals surface area contributed by atoms with Gasteiger partial charge >= 0.3 is 137 Å². The molecule has 1 atom stereocenters. The number of rotatable bonds is 6. The van der Waals surface area contributed by atoms with Crippen molar-refractivity contribution in [1.82, 2.24) is 10.3 Å². The minimum atomic E-state index is -4.77. The van der Waals surface area contributed by atoms with Crippen LogP contribution in [0.3, 0.4) is 0 Å². The molecule has 0 spiro atoms. The molecule has 0 aliphatic heterocycles. The number of ketones is 1. The molecule has 0 saturated heterocycles. The molecule has 0 radical (unpaired) electrons. The van der Waals surface area contributed by atoms with E-state index in [1.54, 1.807) is 32.2 Å². The van der Waals surface area contributed by atoms with Crippen molar-refractivity contribution in [1.29, 1.82) is 0 Å². The molecule has 24 heavy (non-hydrogen) atoms. The standard InChI is InChI=1S/C16H16BF3N2O2/c1-10(23)13(21-2)7-11-8-17-15(22-9-11)12-5-3-4-6-14(12)24-16(18,19)20/h3-6,8-9,13,21H,7H2,1-2H3/t13-/m0/s1. The van der Waals surface area contributed by atoms with Crippen LogP contribution in [0.5, 0.6) is 5.75 Å². The summed E-state index contributed by atoms with van der Waals surface area (Å²) in [6.45, 7) is 3.11. The first-order valence-corrected chi connectivity index (χ1v) is 7.28. The van der Waals surface area contributed by atoms with Crippen molar-refractivity contribution < 1.29 is 22.7 Å². The Kier molecular flexibility index (Phi) is 5.72. The van der Waals surface area contributed by atoms with E-state index in [2.05, 4.69) is 15.0 Å². The number of carbonyl (C=O) groups excluding carboxylic acids is 1. The van der Waals surface area contributed by atoms with Gasteiger partial charge in [-0.2, -0.15) is 0 Å². The summed E-state index contributed by atoms with van der Waals surface area (Å²) in [6.07, 6.45) is -2.76. The van der Waals surface area contributed by atoms with Crippen LogP contribution < -0.4 is 10.1 Å². The predicted octanol–water partition coefficient (Wildman–Crippen LogP) is 2.70. The number of nitrogens with zero attached hydrogens (tertiary/aromatic N) is 1. The average Bonchev–Trinajstić information content (AvgIpc) is 2.52. The van der Waals surface area contributed by atoms with Crippen LogP contribution >= 0.6 is 0 Å². The predicted molar refractivity (Wildman–Crippen MR) is 84.9 cm³/mol. The fourth-order valence-corrected chi connectivity index (χ4v) is 2.28. The first-order chi connectivity index (χ1) is 11.3. The fourth-order valence-electron chi connectivity index (χ4n) is 2.28. The van der Waals surface area contributed by atoms with Crippen molar-refractivity contribution in [3.8, 4) is 16.9 Å². The van der Waals surface area contributed by atoms with Gasteiger partial charge < -0.3 is 0 Å². The molecule has 1 heterocycles. The Bertz CT molecular complexity index is 705. The quantitative estimate of drug-likeness (QED) is 0.881. The summed E-state index contributed by atoms with van der Waals surface area (Å²) < 4.78 is 41.5. The van der Waals surface area contributed by atoms with E-state index in [0.29, 0.717) is 12.0 Å². The Morgan fingerprint density at radius 2 is 2.08 bits per heavy atom. The maximum absolute atomic E-state index is 12.5. The van der Waals surface area contributed by atoms with Gasteiger partial charge in [0.05, 0.1) is 0 Å². The van der Waals surface area contributed by atoms with E-state index in [1.807, 2.05) is 0 Å². The third-order valence-corrected chi connectivity index (χ3v) is 3.49. The van der Waals surface area contributed by atoms with Gasteiger partial charge in [0.25, 0.3) is 0 Å². The summed E-state index contributed by atoms with van der Waals surface area (Å²) in [5, 5.41) is 2.91. The zero-order valence-electron chi connectivity index (χ0n) is 13.2. The molecular weight excluding hydrogens is 320 g/mol. The summed E-state index contributed by atoms with van der Waals surface area (Å²) in [7, 11) is 1.69. The molecule has 126 valence electrons. The van der Waals surface area contributed by atoms with Gasteiger partial charge in [-0.1, -0.05) is 0 Å². The van der Waals surface area contributed by atoms with E-state index in [4.69, 9.17) is 0 Å². The number of nitrogens with one attached hydrogen (secondary N) is 1. The maximum atomic E-state index is 12.5. The van der Waals surface area contributed by atoms with Crippen molar-refractivity contribution in [3.63, 3.8) is 0 Å². The summed E-state index contributed by atoms with van der Waals surface area (Å²) in [6, 6.07) is 5.50. The van der Waals surface area contributed by atoms with E-state index in [-0.39, 0.29) is 23.1 Å². The number of ether oxygens (including phenoxy) is 1. The number of alkyl halides is 3. The molecule has 0 aliphatic rings. The number of carbonyl (C=O) groups is 1. The zero-order valence-corrected chi connectivity index (χ0v) is 13.2. The molecule has 0 unspecified atom stereocenters. The van der Waals surface area contributed by atoms with Crippen LogP contribution in [0.25, 0.3) is 11.2 Å². The molecule has 1 aromatic carbocycles. The van der Waals surface area contributed by atoms with Crippen molar-refractivity contribution in [2.75, 3.05) is 7.05 Å². The third kappa shape index (κ3) is 4.89. The summed E-state index contributed by atoms with van der Waals surface area (Å²) in [5.41, 5.74) is 1.42. The van der Waals surface area contributed by atoms with Crippen LogP contribution in [0.15, 0.2) is 36.4 Å². The number of likely N-dealkylation sites (N-methyl/N-ethyl adjacent to an activating group) is 1. The van der Waals surface area contributed by atoms with Gasteiger partial charge in [-0.05, 0) is 0 Å². The SMILES string of the molecule is CN[C@@H](Cc1cbc(-c2ccccc2OC(F)(F)F)nc1)C(C)=O. The van der Waals surface area contributed by atoms with E-state index in [1.165, 1.54) is 25.1 Å².